The van der Waals surface area contributed by atoms with Gasteiger partial charge >= 0.3 is 0 Å². The van der Waals surface area contributed by atoms with Crippen molar-refractivity contribution >= 4 is 11.6 Å². The molecule has 0 amide bonds. The van der Waals surface area contributed by atoms with Crippen molar-refractivity contribution < 1.29 is 0 Å². The van der Waals surface area contributed by atoms with Crippen LogP contribution in [0.2, 0.25) is 5.02 Å². The van der Waals surface area contributed by atoms with Gasteiger partial charge in [-0.15, -0.1) is 0 Å². The van der Waals surface area contributed by atoms with Gasteiger partial charge in [0.15, 0.2) is 0 Å². The molecule has 0 N–H and O–H groups in total. The van der Waals surface area contributed by atoms with Gasteiger partial charge in [0.25, 0.3) is 0 Å². The number of hydrogen-bond donors (Lipinski definition) is 0. The number of benzene rings is 1. The van der Waals surface area contributed by atoms with E-state index in [1.54, 1.807) is 0 Å². The quantitative estimate of drug-likeness (QED) is 0.865. The van der Waals surface area contributed by atoms with Gasteiger partial charge in [0.1, 0.15) is 0 Å². The SMILES string of the molecule is Clc1ccccc1CN1CCN(Cc2ccncc2)CC1. The van der Waals surface area contributed by atoms with E-state index in [-0.39, 0.29) is 0 Å². The molecule has 0 bridgehead atoms. The molecule has 3 nitrogen and oxygen atoms in total. The number of pyridine rings is 1. The first-order valence-electron chi connectivity index (χ1n) is 7.38. The monoisotopic (exact) mass is 301 g/mol. The molecular formula is C17H20ClN3. The van der Waals surface area contributed by atoms with E-state index in [4.69, 9.17) is 11.6 Å². The fraction of sp³-hybridized carbons (Fsp3) is 0.353. The van der Waals surface area contributed by atoms with Gasteiger partial charge in [-0.25, -0.2) is 0 Å². The zero-order valence-corrected chi connectivity index (χ0v) is 12.8. The Morgan fingerprint density at radius 2 is 1.48 bits per heavy atom. The molecule has 0 unspecified atom stereocenters. The Bertz CT molecular complexity index is 565. The lowest BCUT2D eigenvalue weighted by Crippen LogP contribution is -2.45. The maximum atomic E-state index is 6.24. The third kappa shape index (κ3) is 4.03. The average molecular weight is 302 g/mol. The fourth-order valence-corrected chi connectivity index (χ4v) is 2.91. The molecule has 2 heterocycles. The Labute approximate surface area is 131 Å². The van der Waals surface area contributed by atoms with Crippen LogP contribution in [0.3, 0.4) is 0 Å². The largest absolute Gasteiger partial charge is 0.297 e. The number of aromatic nitrogens is 1. The maximum absolute atomic E-state index is 6.24. The molecular weight excluding hydrogens is 282 g/mol. The van der Waals surface area contributed by atoms with Gasteiger partial charge in [0.2, 0.25) is 0 Å². The summed E-state index contributed by atoms with van der Waals surface area (Å²) in [5.41, 5.74) is 2.56. The third-order valence-electron chi connectivity index (χ3n) is 3.97. The predicted molar refractivity (Wildman–Crippen MR) is 86.2 cm³/mol. The second-order valence-corrected chi connectivity index (χ2v) is 5.91. The fourth-order valence-electron chi connectivity index (χ4n) is 2.72. The normalized spacial score (nSPS) is 17.0. The van der Waals surface area contributed by atoms with Crippen molar-refractivity contribution in [2.75, 3.05) is 26.2 Å². The molecule has 1 aliphatic rings. The van der Waals surface area contributed by atoms with Crippen LogP contribution in [0.5, 0.6) is 0 Å². The smallest absolute Gasteiger partial charge is 0.0451 e. The Morgan fingerprint density at radius 3 is 2.14 bits per heavy atom. The molecule has 0 radical (unpaired) electrons. The van der Waals surface area contributed by atoms with Crippen LogP contribution in [0.25, 0.3) is 0 Å². The summed E-state index contributed by atoms with van der Waals surface area (Å²) >= 11 is 6.24. The number of halogens is 1. The Kier molecular flexibility index (Phi) is 4.86. The zero-order chi connectivity index (χ0) is 14.5. The highest BCUT2D eigenvalue weighted by Crippen LogP contribution is 2.18. The zero-order valence-electron chi connectivity index (χ0n) is 12.1. The lowest BCUT2D eigenvalue weighted by Gasteiger charge is -2.34. The highest BCUT2D eigenvalue weighted by atomic mass is 35.5. The summed E-state index contributed by atoms with van der Waals surface area (Å²) in [5, 5.41) is 0.872. The molecule has 0 aliphatic carbocycles. The number of rotatable bonds is 4. The molecule has 21 heavy (non-hydrogen) atoms. The molecule has 0 spiro atoms. The van der Waals surface area contributed by atoms with Gasteiger partial charge in [0, 0.05) is 56.7 Å². The number of piperazine rings is 1. The molecule has 1 aliphatic heterocycles. The van der Waals surface area contributed by atoms with Gasteiger partial charge < -0.3 is 0 Å². The molecule has 1 aromatic carbocycles. The summed E-state index contributed by atoms with van der Waals surface area (Å²) in [6.07, 6.45) is 3.73. The molecule has 1 aromatic heterocycles. The van der Waals surface area contributed by atoms with Crippen LogP contribution in [-0.2, 0) is 13.1 Å². The molecule has 1 fully saturated rings. The molecule has 3 rings (SSSR count). The first kappa shape index (κ1) is 14.5. The van der Waals surface area contributed by atoms with Crippen LogP contribution in [-0.4, -0.2) is 41.0 Å². The second-order valence-electron chi connectivity index (χ2n) is 5.50. The topological polar surface area (TPSA) is 19.4 Å². The Hall–Kier alpha value is -1.42. The van der Waals surface area contributed by atoms with Crippen LogP contribution in [0.1, 0.15) is 11.1 Å². The highest BCUT2D eigenvalue weighted by Gasteiger charge is 2.17. The molecule has 2 aromatic rings. The Balaban J connectivity index is 1.50. The van der Waals surface area contributed by atoms with Gasteiger partial charge in [-0.1, -0.05) is 29.8 Å². The number of hydrogen-bond acceptors (Lipinski definition) is 3. The van der Waals surface area contributed by atoms with Gasteiger partial charge in [-0.3, -0.25) is 14.8 Å². The van der Waals surface area contributed by atoms with E-state index in [0.29, 0.717) is 0 Å². The van der Waals surface area contributed by atoms with Crippen molar-refractivity contribution in [1.29, 1.82) is 0 Å². The molecule has 110 valence electrons. The van der Waals surface area contributed by atoms with E-state index in [1.807, 2.05) is 24.5 Å². The third-order valence-corrected chi connectivity index (χ3v) is 4.34. The summed E-state index contributed by atoms with van der Waals surface area (Å²) < 4.78 is 0. The van der Waals surface area contributed by atoms with Crippen LogP contribution < -0.4 is 0 Å². The van der Waals surface area contributed by atoms with E-state index in [2.05, 4.69) is 39.0 Å². The minimum absolute atomic E-state index is 0.872. The summed E-state index contributed by atoms with van der Waals surface area (Å²) in [6.45, 7) is 6.36. The predicted octanol–water partition coefficient (Wildman–Crippen LogP) is 3.05. The van der Waals surface area contributed by atoms with E-state index in [0.717, 1.165) is 44.3 Å². The summed E-state index contributed by atoms with van der Waals surface area (Å²) in [5.74, 6) is 0. The first-order valence-corrected chi connectivity index (χ1v) is 7.76. The summed E-state index contributed by atoms with van der Waals surface area (Å²) in [4.78, 5) is 9.04. The van der Waals surface area contributed by atoms with Crippen LogP contribution >= 0.6 is 11.6 Å². The van der Waals surface area contributed by atoms with E-state index < -0.39 is 0 Å². The minimum atomic E-state index is 0.872. The molecule has 4 heteroatoms. The van der Waals surface area contributed by atoms with E-state index in [1.165, 1.54) is 11.1 Å². The Morgan fingerprint density at radius 1 is 0.857 bits per heavy atom. The molecule has 0 atom stereocenters. The van der Waals surface area contributed by atoms with Crippen LogP contribution in [0.4, 0.5) is 0 Å². The molecule has 1 saturated heterocycles. The van der Waals surface area contributed by atoms with Crippen molar-refractivity contribution in [1.82, 2.24) is 14.8 Å². The van der Waals surface area contributed by atoms with E-state index >= 15 is 0 Å². The van der Waals surface area contributed by atoms with Gasteiger partial charge in [-0.2, -0.15) is 0 Å². The minimum Gasteiger partial charge on any atom is -0.297 e. The highest BCUT2D eigenvalue weighted by molar-refractivity contribution is 6.31. The van der Waals surface area contributed by atoms with Crippen molar-refractivity contribution in [2.45, 2.75) is 13.1 Å². The number of nitrogens with zero attached hydrogens (tertiary/aromatic N) is 3. The second kappa shape index (κ2) is 7.03. The average Bonchev–Trinajstić information content (AvgIpc) is 2.52. The van der Waals surface area contributed by atoms with Gasteiger partial charge in [-0.05, 0) is 29.3 Å². The van der Waals surface area contributed by atoms with Crippen molar-refractivity contribution in [3.63, 3.8) is 0 Å². The van der Waals surface area contributed by atoms with E-state index in [9.17, 15) is 0 Å². The lowest BCUT2D eigenvalue weighted by atomic mass is 10.2. The maximum Gasteiger partial charge on any atom is 0.0451 e. The summed E-state index contributed by atoms with van der Waals surface area (Å²) in [7, 11) is 0. The van der Waals surface area contributed by atoms with Gasteiger partial charge in [0.05, 0.1) is 0 Å². The summed E-state index contributed by atoms with van der Waals surface area (Å²) in [6, 6.07) is 12.3. The van der Waals surface area contributed by atoms with Crippen molar-refractivity contribution in [3.05, 3.63) is 64.9 Å². The lowest BCUT2D eigenvalue weighted by molar-refractivity contribution is 0.122. The van der Waals surface area contributed by atoms with Crippen molar-refractivity contribution in [2.24, 2.45) is 0 Å². The standard InChI is InChI=1S/C17H20ClN3/c18-17-4-2-1-3-16(17)14-21-11-9-20(10-12-21)13-15-5-7-19-8-6-15/h1-8H,9-14H2. The first-order chi connectivity index (χ1) is 10.3. The molecule has 0 saturated carbocycles. The van der Waals surface area contributed by atoms with Crippen molar-refractivity contribution in [3.8, 4) is 0 Å². The van der Waals surface area contributed by atoms with Crippen LogP contribution in [0.15, 0.2) is 48.8 Å². The van der Waals surface area contributed by atoms with Crippen LogP contribution in [0, 0.1) is 0 Å².